The van der Waals surface area contributed by atoms with E-state index in [2.05, 4.69) is 56.5 Å². The molecule has 0 bridgehead atoms. The number of hydrogen-bond donors (Lipinski definition) is 2. The van der Waals surface area contributed by atoms with Crippen LogP contribution in [0, 0.1) is 30.0 Å². The Morgan fingerprint density at radius 1 is 1.07 bits per heavy atom. The molecule has 2 saturated carbocycles. The van der Waals surface area contributed by atoms with E-state index in [-0.39, 0.29) is 17.6 Å². The minimum atomic E-state index is -0.365. The number of aromatic nitrogens is 3. The molecule has 0 atom stereocenters. The Bertz CT molecular complexity index is 1460. The molecule has 43 heavy (non-hydrogen) atoms. The van der Waals surface area contributed by atoms with Crippen molar-refractivity contribution in [1.82, 2.24) is 25.0 Å². The number of benzene rings is 1. The molecule has 0 radical (unpaired) electrons. The van der Waals surface area contributed by atoms with Gasteiger partial charge in [-0.15, -0.1) is 10.2 Å². The maximum absolute atomic E-state index is 14.7. The summed E-state index contributed by atoms with van der Waals surface area (Å²) in [5.41, 5.74) is 3.33. The second-order valence-corrected chi connectivity index (χ2v) is 13.4. The van der Waals surface area contributed by atoms with Crippen LogP contribution in [0.15, 0.2) is 42.6 Å². The minimum absolute atomic E-state index is 0.00395. The fourth-order valence-electron chi connectivity index (χ4n) is 6.61. The van der Waals surface area contributed by atoms with Crippen LogP contribution in [0.4, 0.5) is 21.6 Å². The van der Waals surface area contributed by atoms with Gasteiger partial charge in [0.2, 0.25) is 5.91 Å². The van der Waals surface area contributed by atoms with Crippen LogP contribution in [0.1, 0.15) is 45.1 Å². The Balaban J connectivity index is 1.14. The third-order valence-electron chi connectivity index (χ3n) is 9.12. The summed E-state index contributed by atoms with van der Waals surface area (Å²) >= 11 is 0. The summed E-state index contributed by atoms with van der Waals surface area (Å²) in [7, 11) is 2.15. The number of likely N-dealkylation sites (N-methyl/N-ethyl adjacent to an activating group) is 1. The van der Waals surface area contributed by atoms with Crippen LogP contribution in [0.25, 0.3) is 11.3 Å². The van der Waals surface area contributed by atoms with E-state index in [1.165, 1.54) is 6.07 Å². The molecular formula is C33H42FN7O2. The molecule has 0 spiro atoms. The van der Waals surface area contributed by atoms with Crippen molar-refractivity contribution in [2.24, 2.45) is 17.3 Å². The van der Waals surface area contributed by atoms with Crippen LogP contribution >= 0.6 is 0 Å². The molecule has 1 amide bonds. The second kappa shape index (κ2) is 12.2. The number of anilines is 3. The van der Waals surface area contributed by atoms with Crippen LogP contribution in [-0.2, 0) is 4.79 Å². The number of nitrogens with one attached hydrogen (secondary N) is 2. The molecule has 3 aromatic rings. The number of amides is 1. The van der Waals surface area contributed by atoms with Gasteiger partial charge in [-0.05, 0) is 75.3 Å². The smallest absolute Gasteiger partial charge is 0.257 e. The van der Waals surface area contributed by atoms with Crippen molar-refractivity contribution >= 4 is 23.1 Å². The number of hydrogen-bond acceptors (Lipinski definition) is 8. The molecule has 9 nitrogen and oxygen atoms in total. The van der Waals surface area contributed by atoms with E-state index in [1.807, 2.05) is 13.0 Å². The molecule has 3 aliphatic rings. The Morgan fingerprint density at radius 3 is 2.58 bits per heavy atom. The quantitative estimate of drug-likeness (QED) is 0.339. The molecule has 3 heterocycles. The molecule has 3 fully saturated rings. The fraction of sp³-hybridized carbons (Fsp3) is 0.515. The number of pyridine rings is 1. The lowest BCUT2D eigenvalue weighted by atomic mass is 9.65. The number of carbonyl (C=O) groups excluding carboxylic acids is 1. The zero-order valence-corrected chi connectivity index (χ0v) is 25.6. The van der Waals surface area contributed by atoms with Gasteiger partial charge in [-0.1, -0.05) is 25.5 Å². The third-order valence-corrected chi connectivity index (χ3v) is 9.12. The summed E-state index contributed by atoms with van der Waals surface area (Å²) < 4.78 is 20.9. The van der Waals surface area contributed by atoms with Crippen LogP contribution in [-0.4, -0.2) is 76.8 Å². The Morgan fingerprint density at radius 2 is 1.84 bits per heavy atom. The first-order valence-corrected chi connectivity index (χ1v) is 15.4. The zero-order valence-electron chi connectivity index (χ0n) is 25.6. The molecule has 228 valence electrons. The average molecular weight is 588 g/mol. The molecule has 1 saturated heterocycles. The van der Waals surface area contributed by atoms with Crippen LogP contribution in [0.5, 0.6) is 5.88 Å². The van der Waals surface area contributed by atoms with Gasteiger partial charge in [0.25, 0.3) is 5.88 Å². The monoisotopic (exact) mass is 587 g/mol. The highest BCUT2D eigenvalue weighted by molar-refractivity contribution is 5.92. The first-order chi connectivity index (χ1) is 20.6. The molecule has 6 rings (SSSR count). The van der Waals surface area contributed by atoms with Crippen LogP contribution in [0.3, 0.4) is 0 Å². The van der Waals surface area contributed by atoms with E-state index in [9.17, 15) is 9.18 Å². The maximum atomic E-state index is 14.7. The molecule has 1 aliphatic heterocycles. The van der Waals surface area contributed by atoms with E-state index in [0.717, 1.165) is 57.4 Å². The van der Waals surface area contributed by atoms with Gasteiger partial charge in [0, 0.05) is 61.7 Å². The van der Waals surface area contributed by atoms with E-state index < -0.39 is 0 Å². The van der Waals surface area contributed by atoms with Gasteiger partial charge in [0.1, 0.15) is 17.3 Å². The van der Waals surface area contributed by atoms with E-state index in [1.54, 1.807) is 30.5 Å². The highest BCUT2D eigenvalue weighted by Crippen LogP contribution is 2.45. The lowest BCUT2D eigenvalue weighted by Gasteiger charge is -2.45. The highest BCUT2D eigenvalue weighted by Gasteiger charge is 2.39. The summed E-state index contributed by atoms with van der Waals surface area (Å²) in [5.74, 6) is 0.929. The number of halogens is 1. The largest absolute Gasteiger partial charge is 0.475 e. The predicted molar refractivity (Wildman–Crippen MR) is 166 cm³/mol. The molecule has 1 aromatic carbocycles. The first-order valence-electron chi connectivity index (χ1n) is 15.4. The number of aryl methyl sites for hydroxylation is 1. The van der Waals surface area contributed by atoms with Gasteiger partial charge in [0.05, 0.1) is 12.3 Å². The fourth-order valence-corrected chi connectivity index (χ4v) is 6.61. The zero-order chi connectivity index (χ0) is 30.1. The van der Waals surface area contributed by atoms with Crippen molar-refractivity contribution in [1.29, 1.82) is 0 Å². The molecule has 10 heteroatoms. The van der Waals surface area contributed by atoms with Gasteiger partial charge in [-0.3, -0.25) is 9.69 Å². The SMILES string of the molecule is Cc1ccc(F)c(-c2cc(Nc3ccnc(NC(=O)C4CC(N5CCN(C)CC5)C4)c3)c(OCC3CC(C)(C)C3)nn2)c1. The van der Waals surface area contributed by atoms with Gasteiger partial charge in [-0.25, -0.2) is 9.37 Å². The number of nitrogens with zero attached hydrogens (tertiary/aromatic N) is 5. The summed E-state index contributed by atoms with van der Waals surface area (Å²) in [4.78, 5) is 22.3. The van der Waals surface area contributed by atoms with Gasteiger partial charge >= 0.3 is 0 Å². The number of ether oxygens (including phenoxy) is 1. The van der Waals surface area contributed by atoms with E-state index in [4.69, 9.17) is 4.74 Å². The highest BCUT2D eigenvalue weighted by atomic mass is 19.1. The Labute approximate surface area is 253 Å². The van der Waals surface area contributed by atoms with Crippen molar-refractivity contribution in [3.63, 3.8) is 0 Å². The number of rotatable bonds is 9. The summed E-state index contributed by atoms with van der Waals surface area (Å²) in [6.45, 7) is 11.3. The van der Waals surface area contributed by atoms with Crippen LogP contribution in [0.2, 0.25) is 0 Å². The molecule has 0 unspecified atom stereocenters. The topological polar surface area (TPSA) is 95.5 Å². The standard InChI is InChI=1S/C33H42FN7O2/c1-21-5-6-27(34)26(13-21)28-17-29(32(39-38-28)43-20-22-18-33(2,3)19-22)36-24-7-8-35-30(16-24)37-31(42)23-14-25(15-23)41-11-9-40(4)10-12-41/h5-8,13,16-17,22-23,25H,9-12,14-15,18-20H2,1-4H3,(H2,35,36,37,38,42). The van der Waals surface area contributed by atoms with E-state index >= 15 is 0 Å². The van der Waals surface area contributed by atoms with Gasteiger partial charge in [0.15, 0.2) is 0 Å². The van der Waals surface area contributed by atoms with Crippen molar-refractivity contribution in [2.75, 3.05) is 50.5 Å². The predicted octanol–water partition coefficient (Wildman–Crippen LogP) is 5.51. The minimum Gasteiger partial charge on any atom is -0.475 e. The summed E-state index contributed by atoms with van der Waals surface area (Å²) in [6.07, 6.45) is 5.61. The Hall–Kier alpha value is -3.63. The van der Waals surface area contributed by atoms with Crippen LogP contribution < -0.4 is 15.4 Å². The van der Waals surface area contributed by atoms with Gasteiger partial charge < -0.3 is 20.3 Å². The first kappa shape index (κ1) is 29.4. The van der Waals surface area contributed by atoms with Gasteiger partial charge in [-0.2, -0.15) is 0 Å². The average Bonchev–Trinajstić information content (AvgIpc) is 2.93. The normalized spacial score (nSPS) is 22.3. The summed E-state index contributed by atoms with van der Waals surface area (Å²) in [5, 5.41) is 15.0. The molecular weight excluding hydrogens is 545 g/mol. The second-order valence-electron chi connectivity index (χ2n) is 13.4. The lowest BCUT2D eigenvalue weighted by molar-refractivity contribution is -0.124. The molecule has 2 aromatic heterocycles. The lowest BCUT2D eigenvalue weighted by Crippen LogP contribution is -2.54. The summed E-state index contributed by atoms with van der Waals surface area (Å²) in [6, 6.07) is 10.8. The Kier molecular flexibility index (Phi) is 8.33. The maximum Gasteiger partial charge on any atom is 0.257 e. The van der Waals surface area contributed by atoms with Crippen molar-refractivity contribution in [3.05, 3.63) is 54.0 Å². The number of piperazine rings is 1. The number of carbonyl (C=O) groups is 1. The van der Waals surface area contributed by atoms with Crippen molar-refractivity contribution < 1.29 is 13.9 Å². The molecule has 2 N–H and O–H groups in total. The van der Waals surface area contributed by atoms with Crippen molar-refractivity contribution in [2.45, 2.75) is 52.5 Å². The van der Waals surface area contributed by atoms with Crippen molar-refractivity contribution in [3.8, 4) is 17.1 Å². The third kappa shape index (κ3) is 6.96. The molecule has 2 aliphatic carbocycles. The van der Waals surface area contributed by atoms with E-state index in [0.29, 0.717) is 58.3 Å².